The highest BCUT2D eigenvalue weighted by Gasteiger charge is 2.35. The Morgan fingerprint density at radius 2 is 1.13 bits per heavy atom. The number of likely N-dealkylation sites (tertiary alicyclic amines) is 2. The molecule has 2 saturated heterocycles. The number of carbonyl (C=O) groups is 2. The second kappa shape index (κ2) is 12.7. The van der Waals surface area contributed by atoms with E-state index in [2.05, 4.69) is 82.0 Å². The van der Waals surface area contributed by atoms with Gasteiger partial charge in [0.05, 0.1) is 34.2 Å². The van der Waals surface area contributed by atoms with E-state index in [0.717, 1.165) is 99.0 Å². The number of urea groups is 1. The minimum absolute atomic E-state index is 0.0426. The third kappa shape index (κ3) is 6.69. The van der Waals surface area contributed by atoms with Crippen molar-refractivity contribution in [3.63, 3.8) is 0 Å². The van der Waals surface area contributed by atoms with Crippen LogP contribution in [-0.4, -0.2) is 66.1 Å². The molecule has 10 heteroatoms. The fourth-order valence-corrected chi connectivity index (χ4v) is 7.62. The number of aromatic nitrogens is 4. The van der Waals surface area contributed by atoms with Gasteiger partial charge in [0.2, 0.25) is 0 Å². The smallest absolute Gasteiger partial charge is 0.410 e. The largest absolute Gasteiger partial charge is 0.444 e. The van der Waals surface area contributed by atoms with E-state index in [4.69, 9.17) is 14.7 Å². The van der Waals surface area contributed by atoms with Crippen molar-refractivity contribution in [1.29, 1.82) is 0 Å². The van der Waals surface area contributed by atoms with Crippen molar-refractivity contribution in [3.05, 3.63) is 84.4 Å². The molecule has 4 aromatic carbocycles. The molecule has 2 aliphatic heterocycles. The van der Waals surface area contributed by atoms with Gasteiger partial charge in [0, 0.05) is 18.6 Å². The molecule has 3 amide bonds. The number of rotatable bonds is 4. The van der Waals surface area contributed by atoms with E-state index in [1.165, 1.54) is 0 Å². The molecule has 3 N–H and O–H groups in total. The molecular formula is C42H47N7O3. The first-order valence-corrected chi connectivity index (χ1v) is 18.4. The lowest BCUT2D eigenvalue weighted by Gasteiger charge is -2.28. The normalized spacial score (nSPS) is 18.2. The van der Waals surface area contributed by atoms with Crippen LogP contribution in [0.3, 0.4) is 0 Å². The highest BCUT2D eigenvalue weighted by atomic mass is 16.6. The number of nitrogens with zero attached hydrogens (tertiary/aromatic N) is 4. The maximum absolute atomic E-state index is 13.0. The van der Waals surface area contributed by atoms with Crippen LogP contribution in [0.2, 0.25) is 0 Å². The van der Waals surface area contributed by atoms with Crippen molar-refractivity contribution in [2.75, 3.05) is 13.1 Å². The van der Waals surface area contributed by atoms with Crippen molar-refractivity contribution in [1.82, 2.24) is 35.1 Å². The SMILES string of the molecule is CC(C)(C)NC(=O)N1CCCC1c1nc2ccc(-c3ccc4cc(-c5ccc6nc(C7CCCN7C(=O)OC(C)(C)C)[nH]c6c5)ccc4c3)cc2[nH]1. The van der Waals surface area contributed by atoms with Gasteiger partial charge in [-0.25, -0.2) is 19.6 Å². The Labute approximate surface area is 304 Å². The standard InChI is InChI=1S/C42H47N7O3/c1-41(2,3)47-39(50)48-19-7-9-35(48)37-43-31-17-15-29(23-33(31)45-37)27-13-11-26-22-28(14-12-25(26)21-27)30-16-18-32-34(24-30)46-38(44-32)36-10-8-20-49(36)40(51)52-42(4,5)6/h11-18,21-24,35-36H,7-10,19-20H2,1-6H3,(H,43,45)(H,44,46)(H,47,50). The van der Waals surface area contributed by atoms with E-state index in [0.29, 0.717) is 6.54 Å². The molecule has 8 rings (SSSR count). The number of nitrogens with one attached hydrogen (secondary N) is 3. The Hall–Kier alpha value is -5.38. The van der Waals surface area contributed by atoms with Gasteiger partial charge in [-0.3, -0.25) is 4.90 Å². The van der Waals surface area contributed by atoms with Gasteiger partial charge in [-0.15, -0.1) is 0 Å². The molecule has 4 heterocycles. The van der Waals surface area contributed by atoms with Gasteiger partial charge in [-0.05, 0) is 137 Å². The minimum atomic E-state index is -0.542. The minimum Gasteiger partial charge on any atom is -0.444 e. The van der Waals surface area contributed by atoms with E-state index >= 15 is 0 Å². The number of H-pyrrole nitrogens is 2. The van der Waals surface area contributed by atoms with Crippen molar-refractivity contribution >= 4 is 45.0 Å². The zero-order chi connectivity index (χ0) is 36.4. The Kier molecular flexibility index (Phi) is 8.23. The van der Waals surface area contributed by atoms with Crippen LogP contribution >= 0.6 is 0 Å². The van der Waals surface area contributed by atoms with Crippen LogP contribution in [0.1, 0.15) is 91.0 Å². The highest BCUT2D eigenvalue weighted by Crippen LogP contribution is 2.36. The molecule has 0 radical (unpaired) electrons. The molecule has 2 atom stereocenters. The predicted octanol–water partition coefficient (Wildman–Crippen LogP) is 9.64. The number of hydrogen-bond acceptors (Lipinski definition) is 5. The van der Waals surface area contributed by atoms with Crippen LogP contribution in [-0.2, 0) is 4.74 Å². The van der Waals surface area contributed by atoms with Crippen molar-refractivity contribution < 1.29 is 14.3 Å². The molecule has 10 nitrogen and oxygen atoms in total. The molecule has 6 aromatic rings. The van der Waals surface area contributed by atoms with Crippen LogP contribution < -0.4 is 5.32 Å². The zero-order valence-corrected chi connectivity index (χ0v) is 30.8. The second-order valence-corrected chi connectivity index (χ2v) is 16.3. The van der Waals surface area contributed by atoms with Crippen LogP contribution in [0.25, 0.3) is 55.1 Å². The molecule has 0 aliphatic carbocycles. The quantitative estimate of drug-likeness (QED) is 0.170. The van der Waals surface area contributed by atoms with E-state index in [-0.39, 0.29) is 29.7 Å². The number of fused-ring (bicyclic) bond motifs is 3. The van der Waals surface area contributed by atoms with Crippen molar-refractivity contribution in [2.24, 2.45) is 0 Å². The summed E-state index contributed by atoms with van der Waals surface area (Å²) in [6.45, 7) is 13.1. The molecule has 2 fully saturated rings. The van der Waals surface area contributed by atoms with E-state index < -0.39 is 5.60 Å². The van der Waals surface area contributed by atoms with Gasteiger partial charge in [0.15, 0.2) is 0 Å². The Morgan fingerprint density at radius 1 is 0.673 bits per heavy atom. The summed E-state index contributed by atoms with van der Waals surface area (Å²) < 4.78 is 5.68. The topological polar surface area (TPSA) is 119 Å². The van der Waals surface area contributed by atoms with Gasteiger partial charge in [0.25, 0.3) is 0 Å². The number of carbonyl (C=O) groups excluding carboxylic acids is 2. The third-order valence-corrected chi connectivity index (χ3v) is 10.0. The van der Waals surface area contributed by atoms with E-state index in [9.17, 15) is 9.59 Å². The second-order valence-electron chi connectivity index (χ2n) is 16.3. The van der Waals surface area contributed by atoms with Crippen LogP contribution in [0, 0.1) is 0 Å². The first-order valence-electron chi connectivity index (χ1n) is 18.4. The molecular weight excluding hydrogens is 651 g/mol. The summed E-state index contributed by atoms with van der Waals surface area (Å²) in [5, 5.41) is 5.42. The summed E-state index contributed by atoms with van der Waals surface area (Å²) in [6.07, 6.45) is 3.33. The molecule has 2 aromatic heterocycles. The average molecular weight is 698 g/mol. The van der Waals surface area contributed by atoms with Gasteiger partial charge >= 0.3 is 12.1 Å². The van der Waals surface area contributed by atoms with Crippen LogP contribution in [0.15, 0.2) is 72.8 Å². The monoisotopic (exact) mass is 697 g/mol. The lowest BCUT2D eigenvalue weighted by Crippen LogP contribution is -2.48. The Morgan fingerprint density at radius 3 is 1.63 bits per heavy atom. The molecule has 0 saturated carbocycles. The number of imidazole rings is 2. The van der Waals surface area contributed by atoms with Crippen molar-refractivity contribution in [3.8, 4) is 22.3 Å². The number of hydrogen-bond donors (Lipinski definition) is 3. The van der Waals surface area contributed by atoms with E-state index in [1.807, 2.05) is 52.5 Å². The summed E-state index contributed by atoms with van der Waals surface area (Å²) in [5.74, 6) is 1.64. The molecule has 2 unspecified atom stereocenters. The maximum Gasteiger partial charge on any atom is 0.410 e. The van der Waals surface area contributed by atoms with Gasteiger partial charge < -0.3 is 24.9 Å². The molecule has 52 heavy (non-hydrogen) atoms. The van der Waals surface area contributed by atoms with Gasteiger partial charge in [-0.1, -0.05) is 36.4 Å². The van der Waals surface area contributed by atoms with Gasteiger partial charge in [-0.2, -0.15) is 0 Å². The molecule has 0 spiro atoms. The summed E-state index contributed by atoms with van der Waals surface area (Å²) >= 11 is 0. The molecule has 0 bridgehead atoms. The molecule has 2 aliphatic rings. The highest BCUT2D eigenvalue weighted by molar-refractivity contribution is 5.93. The van der Waals surface area contributed by atoms with Crippen LogP contribution in [0.4, 0.5) is 9.59 Å². The summed E-state index contributed by atoms with van der Waals surface area (Å²) in [6, 6.07) is 25.6. The number of benzene rings is 4. The predicted molar refractivity (Wildman–Crippen MR) is 206 cm³/mol. The maximum atomic E-state index is 13.0. The Balaban J connectivity index is 1.01. The first kappa shape index (κ1) is 33.7. The lowest BCUT2D eigenvalue weighted by molar-refractivity contribution is 0.0219. The van der Waals surface area contributed by atoms with E-state index in [1.54, 1.807) is 4.90 Å². The fourth-order valence-electron chi connectivity index (χ4n) is 7.62. The summed E-state index contributed by atoms with van der Waals surface area (Å²) in [4.78, 5) is 46.5. The summed E-state index contributed by atoms with van der Waals surface area (Å²) in [7, 11) is 0. The van der Waals surface area contributed by atoms with Crippen LogP contribution in [0.5, 0.6) is 0 Å². The molecule has 268 valence electrons. The summed E-state index contributed by atoms with van der Waals surface area (Å²) in [5.41, 5.74) is 7.32. The fraction of sp³-hybridized carbons (Fsp3) is 0.381. The van der Waals surface area contributed by atoms with Crippen molar-refractivity contribution in [2.45, 2.75) is 90.4 Å². The zero-order valence-electron chi connectivity index (χ0n) is 30.8. The Bertz CT molecular complexity index is 2160. The lowest BCUT2D eigenvalue weighted by atomic mass is 9.97. The number of ether oxygens (including phenoxy) is 1. The van der Waals surface area contributed by atoms with Gasteiger partial charge in [0.1, 0.15) is 17.2 Å². The number of amides is 3. The first-order chi connectivity index (χ1) is 24.8. The third-order valence-electron chi connectivity index (χ3n) is 10.0. The average Bonchev–Trinajstić information content (AvgIpc) is 3.90. The number of aromatic amines is 2.